The van der Waals surface area contributed by atoms with Crippen LogP contribution in [0.5, 0.6) is 0 Å². The molecule has 3 N–H and O–H groups in total. The zero-order chi connectivity index (χ0) is 16.4. The molecule has 0 bridgehead atoms. The maximum Gasteiger partial charge on any atom is 0.152 e. The van der Waals surface area contributed by atoms with Gasteiger partial charge in [0, 0.05) is 46.5 Å². The maximum atomic E-state index is 13.8. The second-order valence-corrected chi connectivity index (χ2v) is 5.86. The molecule has 1 aromatic carbocycles. The van der Waals surface area contributed by atoms with Crippen molar-refractivity contribution in [3.8, 4) is 0 Å². The van der Waals surface area contributed by atoms with Crippen molar-refractivity contribution in [3.05, 3.63) is 64.4 Å². The summed E-state index contributed by atoms with van der Waals surface area (Å²) in [5, 5.41) is 3.98. The van der Waals surface area contributed by atoms with Crippen molar-refractivity contribution in [3.63, 3.8) is 0 Å². The van der Waals surface area contributed by atoms with Crippen LogP contribution in [0.2, 0.25) is 0 Å². The molecule has 0 aliphatic rings. The van der Waals surface area contributed by atoms with Crippen LogP contribution in [-0.4, -0.2) is 16.5 Å². The third kappa shape index (κ3) is 3.30. The fraction of sp³-hybridized carbons (Fsp3) is 0.125. The lowest BCUT2D eigenvalue weighted by molar-refractivity contribution is 0.559. The number of fused-ring (bicyclic) bond motifs is 1. The average molecular weight is 379 g/mol. The molecule has 2 aromatic heterocycles. The Balaban J connectivity index is 1.82. The first-order valence-corrected chi connectivity index (χ1v) is 7.69. The maximum absolute atomic E-state index is 13.8. The van der Waals surface area contributed by atoms with E-state index in [4.69, 9.17) is 5.73 Å². The van der Waals surface area contributed by atoms with Crippen molar-refractivity contribution < 1.29 is 8.78 Å². The number of hydrogen-bond donors (Lipinski definition) is 2. The van der Waals surface area contributed by atoms with Crippen molar-refractivity contribution in [1.82, 2.24) is 9.97 Å². The topological polar surface area (TPSA) is 63.8 Å². The zero-order valence-electron chi connectivity index (χ0n) is 11.9. The minimum atomic E-state index is -0.661. The quantitative estimate of drug-likeness (QED) is 0.724. The van der Waals surface area contributed by atoms with E-state index in [9.17, 15) is 8.78 Å². The number of rotatable bonds is 4. The van der Waals surface area contributed by atoms with Gasteiger partial charge in [0.15, 0.2) is 5.82 Å². The Morgan fingerprint density at radius 3 is 2.83 bits per heavy atom. The van der Waals surface area contributed by atoms with Crippen molar-refractivity contribution in [2.45, 2.75) is 6.04 Å². The smallest absolute Gasteiger partial charge is 0.152 e. The average Bonchev–Trinajstić information content (AvgIpc) is 2.54. The molecule has 4 nitrogen and oxygen atoms in total. The largest absolute Gasteiger partial charge is 0.366 e. The molecule has 118 valence electrons. The second-order valence-electron chi connectivity index (χ2n) is 5.01. The predicted molar refractivity (Wildman–Crippen MR) is 89.0 cm³/mol. The lowest BCUT2D eigenvalue weighted by Gasteiger charge is -2.15. The van der Waals surface area contributed by atoms with Crippen molar-refractivity contribution >= 4 is 32.7 Å². The summed E-state index contributed by atoms with van der Waals surface area (Å²) in [6.45, 7) is 0.239. The molecule has 1 atom stereocenters. The van der Waals surface area contributed by atoms with Crippen LogP contribution in [0, 0.1) is 11.6 Å². The van der Waals surface area contributed by atoms with Gasteiger partial charge in [-0.2, -0.15) is 0 Å². The number of halogens is 3. The highest BCUT2D eigenvalue weighted by Crippen LogP contribution is 2.26. The van der Waals surface area contributed by atoms with Crippen LogP contribution in [0.1, 0.15) is 11.6 Å². The van der Waals surface area contributed by atoms with Gasteiger partial charge in [-0.25, -0.2) is 13.8 Å². The normalized spacial score (nSPS) is 12.3. The number of anilines is 1. The summed E-state index contributed by atoms with van der Waals surface area (Å²) < 4.78 is 27.5. The van der Waals surface area contributed by atoms with Gasteiger partial charge in [-0.05, 0) is 34.1 Å². The summed E-state index contributed by atoms with van der Waals surface area (Å²) in [5.74, 6) is -0.732. The van der Waals surface area contributed by atoms with E-state index >= 15 is 0 Å². The minimum Gasteiger partial charge on any atom is -0.366 e. The Morgan fingerprint density at radius 2 is 2.04 bits per heavy atom. The van der Waals surface area contributed by atoms with Crippen LogP contribution in [0.15, 0.2) is 47.2 Å². The molecule has 23 heavy (non-hydrogen) atoms. The van der Waals surface area contributed by atoms with E-state index in [0.717, 1.165) is 15.9 Å². The van der Waals surface area contributed by atoms with Gasteiger partial charge in [0.2, 0.25) is 0 Å². The molecule has 0 aliphatic carbocycles. The summed E-state index contributed by atoms with van der Waals surface area (Å²) in [5.41, 5.74) is 6.92. The Kier molecular flexibility index (Phi) is 4.49. The Bertz CT molecular complexity index is 857. The van der Waals surface area contributed by atoms with Gasteiger partial charge in [0.1, 0.15) is 17.2 Å². The van der Waals surface area contributed by atoms with Crippen LogP contribution in [0.25, 0.3) is 10.9 Å². The highest BCUT2D eigenvalue weighted by atomic mass is 79.9. The van der Waals surface area contributed by atoms with Gasteiger partial charge >= 0.3 is 0 Å². The Labute approximate surface area is 139 Å². The van der Waals surface area contributed by atoms with Gasteiger partial charge in [0.05, 0.1) is 0 Å². The van der Waals surface area contributed by atoms with E-state index in [2.05, 4.69) is 31.2 Å². The number of nitrogens with one attached hydrogen (secondary N) is 1. The number of nitrogens with two attached hydrogens (primary N) is 1. The first kappa shape index (κ1) is 15.8. The fourth-order valence-corrected chi connectivity index (χ4v) is 2.71. The van der Waals surface area contributed by atoms with Crippen LogP contribution in [-0.2, 0) is 0 Å². The molecule has 0 spiro atoms. The van der Waals surface area contributed by atoms with E-state index in [0.29, 0.717) is 11.3 Å². The lowest BCUT2D eigenvalue weighted by atomic mass is 10.1. The molecule has 3 aromatic rings. The molecule has 2 heterocycles. The van der Waals surface area contributed by atoms with E-state index in [-0.39, 0.29) is 12.1 Å². The number of hydrogen-bond acceptors (Lipinski definition) is 4. The molecular formula is C16H13BrF2N4. The van der Waals surface area contributed by atoms with Crippen LogP contribution < -0.4 is 11.1 Å². The third-order valence-electron chi connectivity index (χ3n) is 3.45. The van der Waals surface area contributed by atoms with E-state index in [1.54, 1.807) is 12.4 Å². The monoisotopic (exact) mass is 378 g/mol. The van der Waals surface area contributed by atoms with E-state index < -0.39 is 17.7 Å². The van der Waals surface area contributed by atoms with Crippen LogP contribution >= 0.6 is 15.9 Å². The minimum absolute atomic E-state index is 0.239. The van der Waals surface area contributed by atoms with Crippen molar-refractivity contribution in [2.24, 2.45) is 5.73 Å². The molecule has 7 heteroatoms. The van der Waals surface area contributed by atoms with Gasteiger partial charge in [-0.3, -0.25) is 4.98 Å². The number of benzene rings is 1. The lowest BCUT2D eigenvalue weighted by Crippen LogP contribution is -2.22. The SMILES string of the molecule is NC(CNc1ncc(Br)c2cccnc12)c1ccc(F)cc1F. The summed E-state index contributed by atoms with van der Waals surface area (Å²) in [7, 11) is 0. The highest BCUT2D eigenvalue weighted by molar-refractivity contribution is 9.10. The molecule has 0 radical (unpaired) electrons. The van der Waals surface area contributed by atoms with Crippen molar-refractivity contribution in [2.75, 3.05) is 11.9 Å². The number of aromatic nitrogens is 2. The van der Waals surface area contributed by atoms with Gasteiger partial charge in [-0.15, -0.1) is 0 Å². The zero-order valence-corrected chi connectivity index (χ0v) is 13.5. The Hall–Kier alpha value is -2.12. The summed E-state index contributed by atoms with van der Waals surface area (Å²) >= 11 is 3.42. The molecule has 0 fully saturated rings. The number of nitrogens with zero attached hydrogens (tertiary/aromatic N) is 2. The van der Waals surface area contributed by atoms with Crippen LogP contribution in [0.4, 0.5) is 14.6 Å². The summed E-state index contributed by atoms with van der Waals surface area (Å²) in [6, 6.07) is 6.47. The molecule has 0 saturated heterocycles. The van der Waals surface area contributed by atoms with Crippen molar-refractivity contribution in [1.29, 1.82) is 0 Å². The highest BCUT2D eigenvalue weighted by Gasteiger charge is 2.14. The standard InChI is InChI=1S/C16H13BrF2N4/c17-12-7-22-16(15-10(12)2-1-5-21-15)23-8-14(20)11-4-3-9(18)6-13(11)19/h1-7,14H,8,20H2,(H,22,23). The van der Waals surface area contributed by atoms with Gasteiger partial charge in [-0.1, -0.05) is 6.07 Å². The molecule has 1 unspecified atom stereocenters. The Morgan fingerprint density at radius 1 is 1.22 bits per heavy atom. The predicted octanol–water partition coefficient (Wildman–Crippen LogP) is 3.78. The second kappa shape index (κ2) is 6.55. The van der Waals surface area contributed by atoms with E-state index in [1.165, 1.54) is 12.1 Å². The first-order valence-electron chi connectivity index (χ1n) is 6.90. The van der Waals surface area contributed by atoms with Crippen LogP contribution in [0.3, 0.4) is 0 Å². The third-order valence-corrected chi connectivity index (χ3v) is 4.08. The van der Waals surface area contributed by atoms with Gasteiger partial charge < -0.3 is 11.1 Å². The summed E-state index contributed by atoms with van der Waals surface area (Å²) in [6.07, 6.45) is 3.33. The molecule has 0 saturated carbocycles. The van der Waals surface area contributed by atoms with E-state index in [1.807, 2.05) is 12.1 Å². The van der Waals surface area contributed by atoms with Gasteiger partial charge in [0.25, 0.3) is 0 Å². The molecule has 0 aliphatic heterocycles. The first-order chi connectivity index (χ1) is 11.1. The number of pyridine rings is 2. The molecule has 0 amide bonds. The fourth-order valence-electron chi connectivity index (χ4n) is 2.29. The molecule has 3 rings (SSSR count). The summed E-state index contributed by atoms with van der Waals surface area (Å²) in [4.78, 5) is 8.58. The molecular weight excluding hydrogens is 366 g/mol.